The summed E-state index contributed by atoms with van der Waals surface area (Å²) in [5.41, 5.74) is 1.78. The predicted octanol–water partition coefficient (Wildman–Crippen LogP) is 3.85. The fourth-order valence-corrected chi connectivity index (χ4v) is 5.16. The minimum atomic E-state index is -1.51. The van der Waals surface area contributed by atoms with Crippen molar-refractivity contribution in [2.75, 3.05) is 7.11 Å². The number of cyclic esters (lactones) is 1. The third-order valence-corrected chi connectivity index (χ3v) is 7.19. The van der Waals surface area contributed by atoms with Crippen molar-refractivity contribution in [1.82, 2.24) is 9.55 Å². The quantitative estimate of drug-likeness (QED) is 0.333. The fourth-order valence-electron chi connectivity index (χ4n) is 5.16. The van der Waals surface area contributed by atoms with E-state index in [-0.39, 0.29) is 42.9 Å². The van der Waals surface area contributed by atoms with Gasteiger partial charge in [0.2, 0.25) is 0 Å². The summed E-state index contributed by atoms with van der Waals surface area (Å²) in [7, 11) is 1.57. The van der Waals surface area contributed by atoms with Crippen LogP contribution in [0.2, 0.25) is 0 Å². The highest BCUT2D eigenvalue weighted by atomic mass is 16.5. The summed E-state index contributed by atoms with van der Waals surface area (Å²) in [4.78, 5) is 44.1. The van der Waals surface area contributed by atoms with E-state index in [2.05, 4.69) is 0 Å². The number of unbranched alkanes of at least 4 members (excludes halogenated alkanes) is 1. The van der Waals surface area contributed by atoms with E-state index in [1.54, 1.807) is 30.7 Å². The second-order valence-corrected chi connectivity index (χ2v) is 9.26. The van der Waals surface area contributed by atoms with E-state index >= 15 is 0 Å². The number of aliphatic hydroxyl groups is 1. The summed E-state index contributed by atoms with van der Waals surface area (Å²) in [6, 6.07) is 7.17. The van der Waals surface area contributed by atoms with Crippen molar-refractivity contribution < 1.29 is 24.2 Å². The molecule has 35 heavy (non-hydrogen) atoms. The van der Waals surface area contributed by atoms with Crippen molar-refractivity contribution in [1.29, 1.82) is 0 Å². The monoisotopic (exact) mass is 476 g/mol. The number of carbonyl (C=O) groups excluding carboxylic acids is 2. The number of aromatic nitrogens is 2. The van der Waals surface area contributed by atoms with Crippen molar-refractivity contribution >= 4 is 22.7 Å². The zero-order chi connectivity index (χ0) is 24.9. The third-order valence-electron chi connectivity index (χ3n) is 7.19. The summed E-state index contributed by atoms with van der Waals surface area (Å²) >= 11 is 0. The molecule has 1 unspecified atom stereocenters. The summed E-state index contributed by atoms with van der Waals surface area (Å²) in [6.45, 7) is 3.80. The second-order valence-electron chi connectivity index (χ2n) is 9.26. The molecule has 2 aliphatic rings. The molecule has 0 bridgehead atoms. The van der Waals surface area contributed by atoms with Crippen LogP contribution in [-0.4, -0.2) is 33.5 Å². The molecular formula is C27H28N2O6. The van der Waals surface area contributed by atoms with Crippen molar-refractivity contribution in [2.45, 2.75) is 64.7 Å². The summed E-state index contributed by atoms with van der Waals surface area (Å²) < 4.78 is 12.2. The number of carbonyl (C=O) groups is 2. The van der Waals surface area contributed by atoms with Crippen molar-refractivity contribution in [3.8, 4) is 17.1 Å². The lowest BCUT2D eigenvalue weighted by molar-refractivity contribution is -0.149. The van der Waals surface area contributed by atoms with Crippen LogP contribution in [-0.2, 0) is 28.3 Å². The largest absolute Gasteiger partial charge is 0.497 e. The number of esters is 1. The Morgan fingerprint density at radius 1 is 1.23 bits per heavy atom. The van der Waals surface area contributed by atoms with Gasteiger partial charge >= 0.3 is 5.97 Å². The van der Waals surface area contributed by atoms with Crippen LogP contribution in [0.5, 0.6) is 5.75 Å². The minimum Gasteiger partial charge on any atom is -0.497 e. The van der Waals surface area contributed by atoms with Crippen molar-refractivity contribution in [2.24, 2.45) is 0 Å². The van der Waals surface area contributed by atoms with E-state index in [1.807, 2.05) is 19.1 Å². The van der Waals surface area contributed by atoms with E-state index in [1.165, 1.54) is 0 Å². The van der Waals surface area contributed by atoms with E-state index in [9.17, 15) is 19.5 Å². The maximum Gasteiger partial charge on any atom is 0.309 e. The van der Waals surface area contributed by atoms with Gasteiger partial charge in [0.15, 0.2) is 5.78 Å². The first-order chi connectivity index (χ1) is 16.8. The van der Waals surface area contributed by atoms with Gasteiger partial charge in [-0.2, -0.15) is 0 Å². The van der Waals surface area contributed by atoms with Crippen LogP contribution in [0, 0.1) is 0 Å². The Kier molecular flexibility index (Phi) is 5.71. The first-order valence-electron chi connectivity index (χ1n) is 12.0. The molecule has 0 radical (unpaired) electrons. The van der Waals surface area contributed by atoms with Gasteiger partial charge in [-0.25, -0.2) is 4.98 Å². The van der Waals surface area contributed by atoms with Gasteiger partial charge in [0.25, 0.3) is 5.56 Å². The SMILES string of the molecule is CCCCC(=O)c1c2c(nc3ccc(OC)cc13)-c1cc3c(c(=O)n1C2)COC(=O)CC3(O)CC. The summed E-state index contributed by atoms with van der Waals surface area (Å²) in [6.07, 6.45) is 2.07. The van der Waals surface area contributed by atoms with E-state index < -0.39 is 11.6 Å². The standard InChI is InChI=1S/C27H28N2O6/c1-4-6-7-22(30)24-16-10-15(34-3)8-9-20(16)28-25-17(24)13-29-21(25)11-19-18(26(29)32)14-35-23(31)12-27(19,33)5-2/h8-11,33H,4-7,12-14H2,1-3H3. The Morgan fingerprint density at radius 2 is 2.03 bits per heavy atom. The third kappa shape index (κ3) is 3.63. The van der Waals surface area contributed by atoms with Crippen LogP contribution < -0.4 is 10.3 Å². The van der Waals surface area contributed by atoms with Crippen LogP contribution in [0.15, 0.2) is 29.1 Å². The van der Waals surface area contributed by atoms with Gasteiger partial charge in [0.1, 0.15) is 18.0 Å². The highest BCUT2D eigenvalue weighted by Gasteiger charge is 2.40. The number of hydrogen-bond acceptors (Lipinski definition) is 7. The molecular weight excluding hydrogens is 448 g/mol. The normalized spacial score (nSPS) is 18.5. The molecule has 8 nitrogen and oxygen atoms in total. The molecule has 0 saturated carbocycles. The Labute approximate surface area is 202 Å². The molecule has 0 saturated heterocycles. The van der Waals surface area contributed by atoms with Gasteiger partial charge in [-0.1, -0.05) is 20.3 Å². The van der Waals surface area contributed by atoms with E-state index in [0.717, 1.165) is 12.8 Å². The lowest BCUT2D eigenvalue weighted by atomic mass is 9.85. The average molecular weight is 477 g/mol. The van der Waals surface area contributed by atoms with E-state index in [0.29, 0.717) is 51.2 Å². The van der Waals surface area contributed by atoms with Crippen LogP contribution >= 0.6 is 0 Å². The first kappa shape index (κ1) is 23.2. The molecule has 0 amide bonds. The zero-order valence-corrected chi connectivity index (χ0v) is 20.1. The second kappa shape index (κ2) is 8.61. The molecule has 4 heterocycles. The Balaban J connectivity index is 1.79. The lowest BCUT2D eigenvalue weighted by Gasteiger charge is -2.26. The number of ketones is 1. The van der Waals surface area contributed by atoms with Gasteiger partial charge in [-0.3, -0.25) is 14.4 Å². The number of pyridine rings is 2. The minimum absolute atomic E-state index is 0.00478. The van der Waals surface area contributed by atoms with Crippen molar-refractivity contribution in [3.05, 3.63) is 56.9 Å². The molecule has 0 spiro atoms. The molecule has 2 aromatic heterocycles. The van der Waals surface area contributed by atoms with Gasteiger partial charge in [0.05, 0.1) is 42.5 Å². The van der Waals surface area contributed by atoms with Gasteiger partial charge in [-0.05, 0) is 42.7 Å². The van der Waals surface area contributed by atoms with Gasteiger partial charge in [0, 0.05) is 22.9 Å². The molecule has 8 heteroatoms. The smallest absolute Gasteiger partial charge is 0.309 e. The van der Waals surface area contributed by atoms with Gasteiger partial charge < -0.3 is 19.1 Å². The summed E-state index contributed by atoms with van der Waals surface area (Å²) in [5.74, 6) is 0.0838. The Hall–Kier alpha value is -3.52. The summed E-state index contributed by atoms with van der Waals surface area (Å²) in [5, 5.41) is 12.0. The fraction of sp³-hybridized carbons (Fsp3) is 0.407. The van der Waals surface area contributed by atoms with Crippen molar-refractivity contribution in [3.63, 3.8) is 0 Å². The topological polar surface area (TPSA) is 108 Å². The highest BCUT2D eigenvalue weighted by Crippen LogP contribution is 2.41. The molecule has 5 rings (SSSR count). The lowest BCUT2D eigenvalue weighted by Crippen LogP contribution is -2.32. The molecule has 182 valence electrons. The number of methoxy groups -OCH3 is 1. The highest BCUT2D eigenvalue weighted by molar-refractivity contribution is 6.10. The Morgan fingerprint density at radius 3 is 2.74 bits per heavy atom. The average Bonchev–Trinajstić information content (AvgIpc) is 3.16. The molecule has 3 aromatic rings. The molecule has 1 atom stereocenters. The maximum absolute atomic E-state index is 13.6. The molecule has 2 aliphatic heterocycles. The first-order valence-corrected chi connectivity index (χ1v) is 12.0. The number of hydrogen-bond donors (Lipinski definition) is 1. The number of nitrogens with zero attached hydrogens (tertiary/aromatic N) is 2. The van der Waals surface area contributed by atoms with Crippen LogP contribution in [0.1, 0.15) is 73.0 Å². The Bertz CT molecular complexity index is 1440. The zero-order valence-electron chi connectivity index (χ0n) is 20.1. The van der Waals surface area contributed by atoms with Crippen LogP contribution in [0.25, 0.3) is 22.3 Å². The maximum atomic E-state index is 13.6. The number of benzene rings is 1. The predicted molar refractivity (Wildman–Crippen MR) is 130 cm³/mol. The number of fused-ring (bicyclic) bond motifs is 5. The number of ether oxygens (including phenoxy) is 2. The molecule has 1 aromatic carbocycles. The van der Waals surface area contributed by atoms with Gasteiger partial charge in [-0.15, -0.1) is 0 Å². The number of Topliss-reactive ketones (excluding diaryl/α,β-unsaturated/α-hetero) is 1. The number of rotatable bonds is 6. The van der Waals surface area contributed by atoms with E-state index in [4.69, 9.17) is 14.5 Å². The molecule has 0 aliphatic carbocycles. The molecule has 1 N–H and O–H groups in total. The molecule has 0 fully saturated rings. The van der Waals surface area contributed by atoms with Crippen LogP contribution in [0.3, 0.4) is 0 Å². The van der Waals surface area contributed by atoms with Crippen LogP contribution in [0.4, 0.5) is 0 Å².